The fraction of sp³-hybridized carbons (Fsp3) is 0.312. The molecule has 0 aliphatic carbocycles. The molecule has 0 saturated carbocycles. The van der Waals surface area contributed by atoms with E-state index in [0.29, 0.717) is 11.3 Å². The van der Waals surface area contributed by atoms with Gasteiger partial charge in [-0.3, -0.25) is 0 Å². The number of aromatic nitrogens is 3. The van der Waals surface area contributed by atoms with E-state index in [1.165, 1.54) is 16.8 Å². The molecule has 0 bridgehead atoms. The molecular weight excluding hydrogens is 323 g/mol. The maximum Gasteiger partial charge on any atom is 0.417 e. The van der Waals surface area contributed by atoms with Crippen molar-refractivity contribution in [1.29, 1.82) is 0 Å². The number of nitrogens with zero attached hydrogens (tertiary/aromatic N) is 3. The Balaban J connectivity index is 2.42. The van der Waals surface area contributed by atoms with Crippen molar-refractivity contribution in [2.45, 2.75) is 32.4 Å². The summed E-state index contributed by atoms with van der Waals surface area (Å²) in [5.74, 6) is -0.804. The standard InChI is InChI=1S/C16H16F3N3O2/c1-3-10(2)15-11(4-7-14(23)24)9-22(21-15)13-6-5-12(8-20-13)16(17,18)19/h4-10H,3H2,1-2H3,(H,23,24)/b7-4+. The molecular formula is C16H16F3N3O2. The Hall–Kier alpha value is -2.64. The summed E-state index contributed by atoms with van der Waals surface area (Å²) in [4.78, 5) is 14.5. The summed E-state index contributed by atoms with van der Waals surface area (Å²) in [5.41, 5.74) is 0.414. The van der Waals surface area contributed by atoms with Crippen molar-refractivity contribution in [3.63, 3.8) is 0 Å². The second kappa shape index (κ2) is 6.86. The molecule has 24 heavy (non-hydrogen) atoms. The second-order valence-corrected chi connectivity index (χ2v) is 5.30. The van der Waals surface area contributed by atoms with Crippen LogP contribution in [0.4, 0.5) is 13.2 Å². The van der Waals surface area contributed by atoms with Crippen molar-refractivity contribution in [3.05, 3.63) is 47.4 Å². The third-order valence-electron chi connectivity index (χ3n) is 3.57. The molecule has 0 aliphatic rings. The first kappa shape index (κ1) is 17.7. The van der Waals surface area contributed by atoms with Crippen molar-refractivity contribution < 1.29 is 23.1 Å². The quantitative estimate of drug-likeness (QED) is 0.839. The van der Waals surface area contributed by atoms with Gasteiger partial charge in [-0.25, -0.2) is 14.5 Å². The number of carboxylic acid groups (broad SMARTS) is 1. The van der Waals surface area contributed by atoms with E-state index < -0.39 is 17.7 Å². The monoisotopic (exact) mass is 339 g/mol. The molecule has 0 aliphatic heterocycles. The molecule has 2 heterocycles. The van der Waals surface area contributed by atoms with Gasteiger partial charge < -0.3 is 5.11 Å². The van der Waals surface area contributed by atoms with Gasteiger partial charge >= 0.3 is 12.1 Å². The smallest absolute Gasteiger partial charge is 0.417 e. The first-order valence-electron chi connectivity index (χ1n) is 7.26. The lowest BCUT2D eigenvalue weighted by atomic mass is 10.0. The Labute approximate surface area is 136 Å². The molecule has 0 aromatic carbocycles. The second-order valence-electron chi connectivity index (χ2n) is 5.30. The van der Waals surface area contributed by atoms with Gasteiger partial charge in [0.1, 0.15) is 0 Å². The van der Waals surface area contributed by atoms with Crippen LogP contribution in [0.3, 0.4) is 0 Å². The van der Waals surface area contributed by atoms with Gasteiger partial charge in [0.15, 0.2) is 5.82 Å². The van der Waals surface area contributed by atoms with Gasteiger partial charge in [-0.15, -0.1) is 0 Å². The van der Waals surface area contributed by atoms with Crippen LogP contribution in [0.2, 0.25) is 0 Å². The molecule has 8 heteroatoms. The highest BCUT2D eigenvalue weighted by Gasteiger charge is 2.30. The number of hydrogen-bond donors (Lipinski definition) is 1. The summed E-state index contributed by atoms with van der Waals surface area (Å²) in [7, 11) is 0. The zero-order valence-electron chi connectivity index (χ0n) is 13.1. The molecule has 1 unspecified atom stereocenters. The van der Waals surface area contributed by atoms with Crippen LogP contribution in [0.1, 0.15) is 43.0 Å². The minimum atomic E-state index is -4.45. The molecule has 0 radical (unpaired) electrons. The lowest BCUT2D eigenvalue weighted by molar-refractivity contribution is -0.137. The third-order valence-corrected chi connectivity index (χ3v) is 3.57. The molecule has 128 valence electrons. The number of halogens is 3. The number of rotatable bonds is 5. The summed E-state index contributed by atoms with van der Waals surface area (Å²) in [6.45, 7) is 3.90. The Kier molecular flexibility index (Phi) is 5.06. The summed E-state index contributed by atoms with van der Waals surface area (Å²) in [6, 6.07) is 2.15. The first-order valence-corrected chi connectivity index (χ1v) is 7.26. The van der Waals surface area contributed by atoms with Gasteiger partial charge in [0.05, 0.1) is 11.3 Å². The average Bonchev–Trinajstić information content (AvgIpc) is 2.95. The first-order chi connectivity index (χ1) is 11.2. The van der Waals surface area contributed by atoms with Gasteiger partial charge in [0.2, 0.25) is 0 Å². The maximum atomic E-state index is 12.6. The van der Waals surface area contributed by atoms with Crippen molar-refractivity contribution in [1.82, 2.24) is 14.8 Å². The molecule has 1 atom stereocenters. The van der Waals surface area contributed by atoms with Crippen LogP contribution < -0.4 is 0 Å². The summed E-state index contributed by atoms with van der Waals surface area (Å²) in [6.07, 6.45) is 1.03. The van der Waals surface area contributed by atoms with Crippen molar-refractivity contribution >= 4 is 12.0 Å². The number of aliphatic carboxylic acids is 1. The highest BCUT2D eigenvalue weighted by Crippen LogP contribution is 2.29. The van der Waals surface area contributed by atoms with E-state index in [9.17, 15) is 18.0 Å². The lowest BCUT2D eigenvalue weighted by Crippen LogP contribution is -2.07. The number of alkyl halides is 3. The molecule has 0 fully saturated rings. The molecule has 2 aromatic rings. The molecule has 0 amide bonds. The number of carbonyl (C=O) groups is 1. The normalized spacial score (nSPS) is 13.4. The van der Waals surface area contributed by atoms with Crippen molar-refractivity contribution in [2.24, 2.45) is 0 Å². The van der Waals surface area contributed by atoms with Gasteiger partial charge in [0.25, 0.3) is 0 Å². The molecule has 0 spiro atoms. The Morgan fingerprint density at radius 1 is 1.42 bits per heavy atom. The number of carboxylic acids is 1. The van der Waals surface area contributed by atoms with Crippen LogP contribution in [0.25, 0.3) is 11.9 Å². The molecule has 0 saturated heterocycles. The fourth-order valence-electron chi connectivity index (χ4n) is 2.07. The maximum absolute atomic E-state index is 12.6. The Morgan fingerprint density at radius 2 is 2.12 bits per heavy atom. The summed E-state index contributed by atoms with van der Waals surface area (Å²) < 4.78 is 39.1. The minimum Gasteiger partial charge on any atom is -0.478 e. The Morgan fingerprint density at radius 3 is 2.62 bits per heavy atom. The third kappa shape index (κ3) is 4.01. The van der Waals surface area contributed by atoms with E-state index in [1.807, 2.05) is 13.8 Å². The average molecular weight is 339 g/mol. The molecule has 2 aromatic heterocycles. The lowest BCUT2D eigenvalue weighted by Gasteiger charge is -2.07. The van der Waals surface area contributed by atoms with E-state index in [2.05, 4.69) is 10.1 Å². The summed E-state index contributed by atoms with van der Waals surface area (Å²) >= 11 is 0. The number of hydrogen-bond acceptors (Lipinski definition) is 3. The summed E-state index contributed by atoms with van der Waals surface area (Å²) in [5, 5.41) is 13.1. The number of pyridine rings is 1. The van der Waals surface area contributed by atoms with E-state index in [1.54, 1.807) is 6.20 Å². The van der Waals surface area contributed by atoms with E-state index in [0.717, 1.165) is 24.8 Å². The van der Waals surface area contributed by atoms with Crippen LogP contribution in [-0.4, -0.2) is 25.8 Å². The zero-order valence-corrected chi connectivity index (χ0v) is 13.1. The van der Waals surface area contributed by atoms with Gasteiger partial charge in [-0.1, -0.05) is 13.8 Å². The van der Waals surface area contributed by atoms with Gasteiger partial charge in [0, 0.05) is 30.0 Å². The molecule has 5 nitrogen and oxygen atoms in total. The van der Waals surface area contributed by atoms with E-state index >= 15 is 0 Å². The Bertz CT molecular complexity index is 749. The van der Waals surface area contributed by atoms with Gasteiger partial charge in [-0.05, 0) is 24.6 Å². The zero-order chi connectivity index (χ0) is 17.9. The molecule has 2 rings (SSSR count). The van der Waals surface area contributed by atoms with E-state index in [-0.39, 0.29) is 11.7 Å². The topological polar surface area (TPSA) is 68.0 Å². The van der Waals surface area contributed by atoms with Crippen molar-refractivity contribution in [2.75, 3.05) is 0 Å². The highest BCUT2D eigenvalue weighted by molar-refractivity contribution is 5.85. The minimum absolute atomic E-state index is 0.0640. The predicted molar refractivity (Wildman–Crippen MR) is 81.7 cm³/mol. The van der Waals surface area contributed by atoms with Crippen LogP contribution in [0.15, 0.2) is 30.6 Å². The highest BCUT2D eigenvalue weighted by atomic mass is 19.4. The van der Waals surface area contributed by atoms with Crippen LogP contribution in [-0.2, 0) is 11.0 Å². The predicted octanol–water partition coefficient (Wildman–Crippen LogP) is 3.90. The van der Waals surface area contributed by atoms with Crippen LogP contribution in [0, 0.1) is 0 Å². The van der Waals surface area contributed by atoms with Crippen LogP contribution >= 0.6 is 0 Å². The van der Waals surface area contributed by atoms with E-state index in [4.69, 9.17) is 5.11 Å². The van der Waals surface area contributed by atoms with Gasteiger partial charge in [-0.2, -0.15) is 18.3 Å². The fourth-order valence-corrected chi connectivity index (χ4v) is 2.07. The SMILES string of the molecule is CCC(C)c1nn(-c2ccc(C(F)(F)F)cn2)cc1/C=C/C(=O)O. The van der Waals surface area contributed by atoms with Crippen molar-refractivity contribution in [3.8, 4) is 5.82 Å². The van der Waals surface area contributed by atoms with Crippen LogP contribution in [0.5, 0.6) is 0 Å². The largest absolute Gasteiger partial charge is 0.478 e. The molecule has 1 N–H and O–H groups in total.